The van der Waals surface area contributed by atoms with Crippen LogP contribution < -0.4 is 5.32 Å². The minimum Gasteiger partial charge on any atom is -0.334 e. The SMILES string of the molecule is CCn1ccnc1C(NC)c1cc(Br)ccc1C. The number of nitrogens with zero attached hydrogens (tertiary/aromatic N) is 2. The highest BCUT2D eigenvalue weighted by Gasteiger charge is 2.18. The topological polar surface area (TPSA) is 29.9 Å². The summed E-state index contributed by atoms with van der Waals surface area (Å²) in [6.07, 6.45) is 3.88. The van der Waals surface area contributed by atoms with Gasteiger partial charge in [-0.1, -0.05) is 22.0 Å². The smallest absolute Gasteiger partial charge is 0.130 e. The Morgan fingerprint density at radius 3 is 2.89 bits per heavy atom. The molecule has 96 valence electrons. The Morgan fingerprint density at radius 2 is 2.22 bits per heavy atom. The number of hydrogen-bond acceptors (Lipinski definition) is 2. The number of hydrogen-bond donors (Lipinski definition) is 1. The number of halogens is 1. The van der Waals surface area contributed by atoms with E-state index in [9.17, 15) is 0 Å². The van der Waals surface area contributed by atoms with Crippen molar-refractivity contribution in [1.82, 2.24) is 14.9 Å². The molecule has 0 fully saturated rings. The molecular formula is C14H18BrN3. The minimum absolute atomic E-state index is 0.123. The van der Waals surface area contributed by atoms with Crippen molar-refractivity contribution in [1.29, 1.82) is 0 Å². The van der Waals surface area contributed by atoms with Crippen molar-refractivity contribution < 1.29 is 0 Å². The van der Waals surface area contributed by atoms with Crippen molar-refractivity contribution in [2.24, 2.45) is 0 Å². The summed E-state index contributed by atoms with van der Waals surface area (Å²) >= 11 is 3.54. The summed E-state index contributed by atoms with van der Waals surface area (Å²) in [5.74, 6) is 1.06. The maximum atomic E-state index is 4.49. The van der Waals surface area contributed by atoms with Gasteiger partial charge in [0.1, 0.15) is 5.82 Å². The van der Waals surface area contributed by atoms with E-state index in [4.69, 9.17) is 0 Å². The van der Waals surface area contributed by atoms with Gasteiger partial charge in [-0.05, 0) is 44.2 Å². The predicted molar refractivity (Wildman–Crippen MR) is 77.7 cm³/mol. The largest absolute Gasteiger partial charge is 0.334 e. The summed E-state index contributed by atoms with van der Waals surface area (Å²) in [4.78, 5) is 4.49. The molecule has 1 aromatic heterocycles. The van der Waals surface area contributed by atoms with Crippen molar-refractivity contribution in [2.45, 2.75) is 26.4 Å². The third kappa shape index (κ3) is 2.49. The lowest BCUT2D eigenvalue weighted by Gasteiger charge is -2.19. The van der Waals surface area contributed by atoms with Gasteiger partial charge < -0.3 is 9.88 Å². The third-order valence-electron chi connectivity index (χ3n) is 3.19. The quantitative estimate of drug-likeness (QED) is 0.939. The summed E-state index contributed by atoms with van der Waals surface area (Å²) in [7, 11) is 1.97. The van der Waals surface area contributed by atoms with Crippen LogP contribution in [-0.2, 0) is 6.54 Å². The third-order valence-corrected chi connectivity index (χ3v) is 3.68. The Bertz CT molecular complexity index is 534. The number of rotatable bonds is 4. The van der Waals surface area contributed by atoms with Crippen LogP contribution >= 0.6 is 15.9 Å². The summed E-state index contributed by atoms with van der Waals surface area (Å²) in [5.41, 5.74) is 2.52. The van der Waals surface area contributed by atoms with Gasteiger partial charge in [0.05, 0.1) is 6.04 Å². The molecule has 1 unspecified atom stereocenters. The van der Waals surface area contributed by atoms with Gasteiger partial charge in [0, 0.05) is 23.4 Å². The second-order valence-electron chi connectivity index (χ2n) is 4.29. The van der Waals surface area contributed by atoms with Gasteiger partial charge in [-0.3, -0.25) is 0 Å². The lowest BCUT2D eigenvalue weighted by molar-refractivity contribution is 0.588. The fraction of sp³-hybridized carbons (Fsp3) is 0.357. The maximum absolute atomic E-state index is 4.49. The van der Waals surface area contributed by atoms with Crippen LogP contribution in [-0.4, -0.2) is 16.6 Å². The Kier molecular flexibility index (Phi) is 4.19. The van der Waals surface area contributed by atoms with Gasteiger partial charge in [0.2, 0.25) is 0 Å². The summed E-state index contributed by atoms with van der Waals surface area (Å²) < 4.78 is 3.26. The minimum atomic E-state index is 0.123. The van der Waals surface area contributed by atoms with E-state index in [1.54, 1.807) is 0 Å². The first-order valence-corrected chi connectivity index (χ1v) is 6.91. The average molecular weight is 308 g/mol. The molecule has 2 rings (SSSR count). The highest BCUT2D eigenvalue weighted by molar-refractivity contribution is 9.10. The van der Waals surface area contributed by atoms with Crippen LogP contribution in [0.15, 0.2) is 35.1 Å². The molecule has 1 aromatic carbocycles. The van der Waals surface area contributed by atoms with Crippen LogP contribution in [0.3, 0.4) is 0 Å². The lowest BCUT2D eigenvalue weighted by Crippen LogP contribution is -2.22. The normalized spacial score (nSPS) is 12.7. The Balaban J connectivity index is 2.48. The van der Waals surface area contributed by atoms with E-state index in [-0.39, 0.29) is 6.04 Å². The van der Waals surface area contributed by atoms with E-state index in [2.05, 4.69) is 62.8 Å². The van der Waals surface area contributed by atoms with Crippen molar-refractivity contribution in [3.05, 3.63) is 52.0 Å². The van der Waals surface area contributed by atoms with E-state index in [0.29, 0.717) is 0 Å². The zero-order valence-corrected chi connectivity index (χ0v) is 12.5. The van der Waals surface area contributed by atoms with Gasteiger partial charge in [-0.2, -0.15) is 0 Å². The summed E-state index contributed by atoms with van der Waals surface area (Å²) in [6.45, 7) is 5.19. The first kappa shape index (κ1) is 13.3. The standard InChI is InChI=1S/C14H18BrN3/c1-4-18-8-7-17-14(18)13(16-3)12-9-11(15)6-5-10(12)2/h5-9,13,16H,4H2,1-3H3. The van der Waals surface area contributed by atoms with Gasteiger partial charge >= 0.3 is 0 Å². The van der Waals surface area contributed by atoms with E-state index in [1.165, 1.54) is 11.1 Å². The second-order valence-corrected chi connectivity index (χ2v) is 5.21. The highest BCUT2D eigenvalue weighted by atomic mass is 79.9. The van der Waals surface area contributed by atoms with E-state index >= 15 is 0 Å². The molecule has 2 aromatic rings. The molecule has 0 saturated carbocycles. The van der Waals surface area contributed by atoms with E-state index in [1.807, 2.05) is 19.4 Å². The number of nitrogens with one attached hydrogen (secondary N) is 1. The average Bonchev–Trinajstić information content (AvgIpc) is 2.83. The zero-order chi connectivity index (χ0) is 13.1. The van der Waals surface area contributed by atoms with Gasteiger partial charge in [0.25, 0.3) is 0 Å². The van der Waals surface area contributed by atoms with E-state index < -0.39 is 0 Å². The molecule has 0 spiro atoms. The molecule has 1 heterocycles. The molecule has 1 atom stereocenters. The first-order valence-electron chi connectivity index (χ1n) is 6.11. The molecular weight excluding hydrogens is 290 g/mol. The highest BCUT2D eigenvalue weighted by Crippen LogP contribution is 2.26. The molecule has 0 aliphatic carbocycles. The van der Waals surface area contributed by atoms with Gasteiger partial charge in [-0.25, -0.2) is 4.98 Å². The molecule has 3 nitrogen and oxygen atoms in total. The van der Waals surface area contributed by atoms with Crippen LogP contribution in [0.25, 0.3) is 0 Å². The number of benzene rings is 1. The zero-order valence-electron chi connectivity index (χ0n) is 10.9. The summed E-state index contributed by atoms with van der Waals surface area (Å²) in [6, 6.07) is 6.48. The number of aromatic nitrogens is 2. The van der Waals surface area contributed by atoms with E-state index in [0.717, 1.165) is 16.8 Å². The van der Waals surface area contributed by atoms with Crippen LogP contribution in [0.2, 0.25) is 0 Å². The van der Waals surface area contributed by atoms with Crippen LogP contribution in [0.4, 0.5) is 0 Å². The van der Waals surface area contributed by atoms with Crippen molar-refractivity contribution >= 4 is 15.9 Å². The molecule has 0 radical (unpaired) electrons. The fourth-order valence-corrected chi connectivity index (χ4v) is 2.57. The van der Waals surface area contributed by atoms with Crippen LogP contribution in [0.1, 0.15) is 29.9 Å². The van der Waals surface area contributed by atoms with Crippen LogP contribution in [0.5, 0.6) is 0 Å². The van der Waals surface area contributed by atoms with Gasteiger partial charge in [-0.15, -0.1) is 0 Å². The molecule has 0 aliphatic heterocycles. The Morgan fingerprint density at radius 1 is 1.44 bits per heavy atom. The molecule has 0 bridgehead atoms. The molecule has 4 heteroatoms. The molecule has 18 heavy (non-hydrogen) atoms. The van der Waals surface area contributed by atoms with Crippen molar-refractivity contribution in [3.8, 4) is 0 Å². The lowest BCUT2D eigenvalue weighted by atomic mass is 10.0. The number of aryl methyl sites for hydroxylation is 2. The second kappa shape index (κ2) is 5.67. The van der Waals surface area contributed by atoms with Crippen molar-refractivity contribution in [3.63, 3.8) is 0 Å². The summed E-state index contributed by atoms with van der Waals surface area (Å²) in [5, 5.41) is 3.36. The first-order chi connectivity index (χ1) is 8.67. The predicted octanol–water partition coefficient (Wildman–Crippen LogP) is 3.28. The maximum Gasteiger partial charge on any atom is 0.130 e. The van der Waals surface area contributed by atoms with Crippen molar-refractivity contribution in [2.75, 3.05) is 7.05 Å². The monoisotopic (exact) mass is 307 g/mol. The van der Waals surface area contributed by atoms with Gasteiger partial charge in [0.15, 0.2) is 0 Å². The number of imidazole rings is 1. The molecule has 0 saturated heterocycles. The fourth-order valence-electron chi connectivity index (χ4n) is 2.19. The Labute approximate surface area is 116 Å². The molecule has 0 amide bonds. The Hall–Kier alpha value is -1.13. The van der Waals surface area contributed by atoms with Crippen LogP contribution in [0, 0.1) is 6.92 Å². The molecule has 1 N–H and O–H groups in total. The molecule has 0 aliphatic rings.